The lowest BCUT2D eigenvalue weighted by atomic mass is 10.0. The molecule has 0 bridgehead atoms. The maximum Gasteiger partial charge on any atom is 0.170 e. The molecule has 3 rings (SSSR count). The van der Waals surface area contributed by atoms with Gasteiger partial charge in [0.25, 0.3) is 0 Å². The van der Waals surface area contributed by atoms with Crippen LogP contribution in [0.5, 0.6) is 0 Å². The van der Waals surface area contributed by atoms with Crippen LogP contribution in [0.25, 0.3) is 11.0 Å². The van der Waals surface area contributed by atoms with Crippen molar-refractivity contribution < 1.29 is 13.9 Å². The van der Waals surface area contributed by atoms with Crippen molar-refractivity contribution in [2.24, 2.45) is 0 Å². The maximum atomic E-state index is 13.5. The van der Waals surface area contributed by atoms with E-state index in [9.17, 15) is 9.50 Å². The van der Waals surface area contributed by atoms with Gasteiger partial charge >= 0.3 is 0 Å². The first-order valence-electron chi connectivity index (χ1n) is 6.20. The molecular formula is C14H16FNO2. The summed E-state index contributed by atoms with van der Waals surface area (Å²) in [5.41, 5.74) is -0.909. The van der Waals surface area contributed by atoms with Gasteiger partial charge in [-0.2, -0.15) is 0 Å². The van der Waals surface area contributed by atoms with Crippen molar-refractivity contribution >= 4 is 11.0 Å². The van der Waals surface area contributed by atoms with Gasteiger partial charge in [-0.1, -0.05) is 12.1 Å². The Hall–Kier alpha value is -1.39. The van der Waals surface area contributed by atoms with Gasteiger partial charge in [0.1, 0.15) is 11.4 Å². The van der Waals surface area contributed by atoms with E-state index >= 15 is 0 Å². The molecule has 1 aromatic carbocycles. The first-order chi connectivity index (χ1) is 8.56. The molecule has 0 spiro atoms. The van der Waals surface area contributed by atoms with Gasteiger partial charge in [-0.3, -0.25) is 0 Å². The molecule has 0 radical (unpaired) electrons. The summed E-state index contributed by atoms with van der Waals surface area (Å²) in [4.78, 5) is 0. The highest BCUT2D eigenvalue weighted by Gasteiger charge is 2.31. The SMILES string of the molecule is CC(O)(CNC1CC1)c1cc2cccc(F)c2o1. The third-order valence-corrected chi connectivity index (χ3v) is 3.34. The fourth-order valence-corrected chi connectivity index (χ4v) is 2.01. The molecule has 0 amide bonds. The number of hydrogen-bond donors (Lipinski definition) is 2. The molecule has 1 aliphatic carbocycles. The van der Waals surface area contributed by atoms with Gasteiger partial charge in [0.15, 0.2) is 11.4 Å². The molecule has 1 unspecified atom stereocenters. The molecule has 1 aromatic heterocycles. The summed E-state index contributed by atoms with van der Waals surface area (Å²) in [7, 11) is 0. The third kappa shape index (κ3) is 2.13. The number of rotatable bonds is 4. The van der Waals surface area contributed by atoms with Crippen LogP contribution in [0, 0.1) is 5.82 Å². The number of halogens is 1. The predicted octanol–water partition coefficient (Wildman–Crippen LogP) is 2.53. The molecule has 1 saturated carbocycles. The van der Waals surface area contributed by atoms with Crippen LogP contribution in [-0.4, -0.2) is 17.7 Å². The van der Waals surface area contributed by atoms with Gasteiger partial charge in [-0.25, -0.2) is 4.39 Å². The van der Waals surface area contributed by atoms with Crippen molar-refractivity contribution in [3.8, 4) is 0 Å². The largest absolute Gasteiger partial charge is 0.455 e. The Morgan fingerprint density at radius 3 is 2.94 bits per heavy atom. The molecule has 18 heavy (non-hydrogen) atoms. The van der Waals surface area contributed by atoms with Crippen molar-refractivity contribution in [2.75, 3.05) is 6.54 Å². The fraction of sp³-hybridized carbons (Fsp3) is 0.429. The lowest BCUT2D eigenvalue weighted by molar-refractivity contribution is 0.0354. The Bertz CT molecular complexity index is 572. The first kappa shape index (κ1) is 11.7. The molecule has 1 heterocycles. The number of para-hydroxylation sites is 1. The Morgan fingerprint density at radius 2 is 2.28 bits per heavy atom. The van der Waals surface area contributed by atoms with Crippen LogP contribution in [0.1, 0.15) is 25.5 Å². The lowest BCUT2D eigenvalue weighted by Crippen LogP contribution is -2.36. The monoisotopic (exact) mass is 249 g/mol. The quantitative estimate of drug-likeness (QED) is 0.875. The third-order valence-electron chi connectivity index (χ3n) is 3.34. The second-order valence-electron chi connectivity index (χ2n) is 5.20. The van der Waals surface area contributed by atoms with E-state index < -0.39 is 11.4 Å². The van der Waals surface area contributed by atoms with Crippen molar-refractivity contribution in [1.29, 1.82) is 0 Å². The molecule has 1 aliphatic rings. The second-order valence-corrected chi connectivity index (χ2v) is 5.20. The van der Waals surface area contributed by atoms with Gasteiger partial charge in [0, 0.05) is 18.0 Å². The summed E-state index contributed by atoms with van der Waals surface area (Å²) in [5, 5.41) is 14.3. The van der Waals surface area contributed by atoms with E-state index in [0.29, 0.717) is 23.7 Å². The van der Waals surface area contributed by atoms with Gasteiger partial charge in [-0.05, 0) is 31.9 Å². The number of fused-ring (bicyclic) bond motifs is 1. The van der Waals surface area contributed by atoms with E-state index in [1.54, 1.807) is 25.1 Å². The van der Waals surface area contributed by atoms with E-state index in [-0.39, 0.29) is 5.58 Å². The minimum atomic E-state index is -1.12. The Morgan fingerprint density at radius 1 is 1.50 bits per heavy atom. The van der Waals surface area contributed by atoms with Crippen molar-refractivity contribution in [3.63, 3.8) is 0 Å². The Balaban J connectivity index is 1.89. The Kier molecular flexibility index (Phi) is 2.64. The summed E-state index contributed by atoms with van der Waals surface area (Å²) in [6.07, 6.45) is 2.32. The molecule has 2 N–H and O–H groups in total. The van der Waals surface area contributed by atoms with Gasteiger partial charge < -0.3 is 14.8 Å². The van der Waals surface area contributed by atoms with Crippen molar-refractivity contribution in [2.45, 2.75) is 31.4 Å². The molecule has 1 atom stereocenters. The highest BCUT2D eigenvalue weighted by molar-refractivity contribution is 5.78. The number of furan rings is 1. The Labute approximate surface area is 105 Å². The number of nitrogens with one attached hydrogen (secondary N) is 1. The minimum absolute atomic E-state index is 0.208. The average Bonchev–Trinajstić information content (AvgIpc) is 3.04. The summed E-state index contributed by atoms with van der Waals surface area (Å²) in [6.45, 7) is 2.09. The molecular weight excluding hydrogens is 233 g/mol. The van der Waals surface area contributed by atoms with Crippen LogP contribution in [0.4, 0.5) is 4.39 Å². The average molecular weight is 249 g/mol. The zero-order valence-electron chi connectivity index (χ0n) is 10.2. The van der Waals surface area contributed by atoms with Crippen molar-refractivity contribution in [1.82, 2.24) is 5.32 Å². The van der Waals surface area contributed by atoms with Crippen LogP contribution in [0.3, 0.4) is 0 Å². The molecule has 0 saturated heterocycles. The molecule has 96 valence electrons. The van der Waals surface area contributed by atoms with Gasteiger partial charge in [0.2, 0.25) is 0 Å². The van der Waals surface area contributed by atoms with E-state index in [0.717, 1.165) is 12.8 Å². The van der Waals surface area contributed by atoms with E-state index in [4.69, 9.17) is 4.42 Å². The number of benzene rings is 1. The molecule has 0 aliphatic heterocycles. The summed E-state index contributed by atoms with van der Waals surface area (Å²) >= 11 is 0. The maximum absolute atomic E-state index is 13.5. The van der Waals surface area contributed by atoms with Gasteiger partial charge in [-0.15, -0.1) is 0 Å². The van der Waals surface area contributed by atoms with Crippen LogP contribution < -0.4 is 5.32 Å². The zero-order chi connectivity index (χ0) is 12.8. The number of hydrogen-bond acceptors (Lipinski definition) is 3. The normalized spacial score (nSPS) is 19.1. The lowest BCUT2D eigenvalue weighted by Gasteiger charge is -2.21. The molecule has 2 aromatic rings. The zero-order valence-corrected chi connectivity index (χ0v) is 10.2. The summed E-state index contributed by atoms with van der Waals surface area (Å²) in [6, 6.07) is 6.97. The van der Waals surface area contributed by atoms with Crippen LogP contribution in [0.2, 0.25) is 0 Å². The highest BCUT2D eigenvalue weighted by Crippen LogP contribution is 2.30. The smallest absolute Gasteiger partial charge is 0.170 e. The van der Waals surface area contributed by atoms with Crippen LogP contribution >= 0.6 is 0 Å². The minimum Gasteiger partial charge on any atom is -0.455 e. The van der Waals surface area contributed by atoms with Gasteiger partial charge in [0.05, 0.1) is 0 Å². The predicted molar refractivity (Wildman–Crippen MR) is 66.8 cm³/mol. The molecule has 4 heteroatoms. The summed E-state index contributed by atoms with van der Waals surface area (Å²) < 4.78 is 19.0. The number of aliphatic hydroxyl groups is 1. The second kappa shape index (κ2) is 4.07. The first-order valence-corrected chi connectivity index (χ1v) is 6.20. The van der Waals surface area contributed by atoms with E-state index in [1.807, 2.05) is 0 Å². The topological polar surface area (TPSA) is 45.4 Å². The highest BCUT2D eigenvalue weighted by atomic mass is 19.1. The molecule has 1 fully saturated rings. The molecule has 3 nitrogen and oxygen atoms in total. The fourth-order valence-electron chi connectivity index (χ4n) is 2.01. The van der Waals surface area contributed by atoms with Crippen molar-refractivity contribution in [3.05, 3.63) is 35.8 Å². The summed E-state index contributed by atoms with van der Waals surface area (Å²) in [5.74, 6) is 0.000419. The van der Waals surface area contributed by atoms with E-state index in [1.165, 1.54) is 6.07 Å². The van der Waals surface area contributed by atoms with Crippen LogP contribution in [-0.2, 0) is 5.60 Å². The van der Waals surface area contributed by atoms with Crippen LogP contribution in [0.15, 0.2) is 28.7 Å². The standard InChI is InChI=1S/C14H16FNO2/c1-14(17,8-16-10-5-6-10)12-7-9-3-2-4-11(15)13(9)18-12/h2-4,7,10,16-17H,5-6,8H2,1H3. The van der Waals surface area contributed by atoms with E-state index in [2.05, 4.69) is 5.32 Å².